The molecule has 3 aromatic rings. The summed E-state index contributed by atoms with van der Waals surface area (Å²) < 4.78 is 29.4. The van der Waals surface area contributed by atoms with Crippen LogP contribution in [0.15, 0.2) is 57.7 Å². The van der Waals surface area contributed by atoms with Crippen molar-refractivity contribution in [2.75, 3.05) is 4.72 Å². The van der Waals surface area contributed by atoms with Gasteiger partial charge in [-0.3, -0.25) is 14.8 Å². The Labute approximate surface area is 173 Å². The number of rotatable bonds is 6. The number of nitro benzene ring substituents is 1. The first-order chi connectivity index (χ1) is 13.2. The molecule has 0 unspecified atom stereocenters. The minimum Gasteiger partial charge on any atom is -0.311 e. The molecule has 0 aliphatic rings. The third-order valence-electron chi connectivity index (χ3n) is 3.45. The summed E-state index contributed by atoms with van der Waals surface area (Å²) in [4.78, 5) is 10.5. The van der Waals surface area contributed by atoms with Gasteiger partial charge in [0.25, 0.3) is 15.7 Å². The number of aryl methyl sites for hydroxylation is 1. The molecule has 2 aromatic carbocycles. The zero-order chi connectivity index (χ0) is 20.5. The van der Waals surface area contributed by atoms with Crippen molar-refractivity contribution >= 4 is 56.4 Å². The molecule has 0 aliphatic heterocycles. The second kappa shape index (κ2) is 7.95. The lowest BCUT2D eigenvalue weighted by atomic mass is 10.3. The minimum absolute atomic E-state index is 0.271. The molecule has 0 amide bonds. The molecule has 0 saturated heterocycles. The number of anilines is 1. The summed E-state index contributed by atoms with van der Waals surface area (Å²) in [6, 6.07) is 8.39. The lowest BCUT2D eigenvalue weighted by molar-refractivity contribution is -0.384. The molecule has 0 aliphatic carbocycles. The van der Waals surface area contributed by atoms with Crippen LogP contribution in [0.5, 0.6) is 0 Å². The smallest absolute Gasteiger partial charge is 0.272 e. The van der Waals surface area contributed by atoms with Crippen LogP contribution < -0.4 is 4.72 Å². The standard InChI is InChI=1S/C15H11Cl2N5O4S2/c1-21-8-18-19-15(21)27-11-4-2-9(3-5-11)20-28(25,26)14-12(16)6-10(22(23)24)7-13(14)17/h2-8,20H,1H3. The topological polar surface area (TPSA) is 120 Å². The van der Waals surface area contributed by atoms with Crippen molar-refractivity contribution in [2.24, 2.45) is 7.05 Å². The fourth-order valence-corrected chi connectivity index (χ4v) is 5.20. The molecular formula is C15H11Cl2N5O4S2. The van der Waals surface area contributed by atoms with Gasteiger partial charge in [-0.25, -0.2) is 8.42 Å². The van der Waals surface area contributed by atoms with Gasteiger partial charge in [0.2, 0.25) is 0 Å². The molecule has 28 heavy (non-hydrogen) atoms. The molecule has 1 heterocycles. The van der Waals surface area contributed by atoms with Gasteiger partial charge < -0.3 is 4.57 Å². The maximum Gasteiger partial charge on any atom is 0.272 e. The number of nitro groups is 1. The number of nitrogens with one attached hydrogen (secondary N) is 1. The summed E-state index contributed by atoms with van der Waals surface area (Å²) in [6.45, 7) is 0. The van der Waals surface area contributed by atoms with E-state index in [1.54, 1.807) is 35.2 Å². The van der Waals surface area contributed by atoms with E-state index < -0.39 is 25.5 Å². The Kier molecular flexibility index (Phi) is 5.79. The van der Waals surface area contributed by atoms with Gasteiger partial charge in [0, 0.05) is 29.8 Å². The van der Waals surface area contributed by atoms with Gasteiger partial charge >= 0.3 is 0 Å². The van der Waals surface area contributed by atoms with Gasteiger partial charge in [0.1, 0.15) is 11.2 Å². The van der Waals surface area contributed by atoms with Crippen LogP contribution >= 0.6 is 35.0 Å². The largest absolute Gasteiger partial charge is 0.311 e. The lowest BCUT2D eigenvalue weighted by Crippen LogP contribution is -2.14. The fraction of sp³-hybridized carbons (Fsp3) is 0.0667. The van der Waals surface area contributed by atoms with Gasteiger partial charge in [0.05, 0.1) is 15.0 Å². The van der Waals surface area contributed by atoms with Crippen LogP contribution in [0.4, 0.5) is 11.4 Å². The first kappa shape index (κ1) is 20.4. The highest BCUT2D eigenvalue weighted by Crippen LogP contribution is 2.35. The number of hydrogen-bond acceptors (Lipinski definition) is 7. The summed E-state index contributed by atoms with van der Waals surface area (Å²) in [6.07, 6.45) is 1.57. The monoisotopic (exact) mass is 459 g/mol. The van der Waals surface area contributed by atoms with Gasteiger partial charge in [-0.05, 0) is 36.0 Å². The Morgan fingerprint density at radius 2 is 1.79 bits per heavy atom. The predicted molar refractivity (Wildman–Crippen MR) is 105 cm³/mol. The van der Waals surface area contributed by atoms with Crippen LogP contribution in [-0.2, 0) is 17.1 Å². The average molecular weight is 460 g/mol. The highest BCUT2D eigenvalue weighted by Gasteiger charge is 2.25. The van der Waals surface area contributed by atoms with E-state index in [0.29, 0.717) is 5.16 Å². The maximum absolute atomic E-state index is 12.6. The molecular weight excluding hydrogens is 449 g/mol. The van der Waals surface area contributed by atoms with Crippen molar-refractivity contribution in [3.05, 3.63) is 62.9 Å². The third kappa shape index (κ3) is 4.38. The van der Waals surface area contributed by atoms with Crippen LogP contribution in [0.2, 0.25) is 10.0 Å². The Balaban J connectivity index is 1.83. The molecule has 0 saturated carbocycles. The lowest BCUT2D eigenvalue weighted by Gasteiger charge is -2.11. The third-order valence-corrected chi connectivity index (χ3v) is 6.81. The number of halogens is 2. The highest BCUT2D eigenvalue weighted by atomic mass is 35.5. The van der Waals surface area contributed by atoms with Crippen molar-refractivity contribution in [3.63, 3.8) is 0 Å². The van der Waals surface area contributed by atoms with E-state index in [0.717, 1.165) is 17.0 Å². The zero-order valence-electron chi connectivity index (χ0n) is 14.0. The van der Waals surface area contributed by atoms with Gasteiger partial charge in [-0.1, -0.05) is 23.2 Å². The quantitative estimate of drug-likeness (QED) is 0.436. The van der Waals surface area contributed by atoms with E-state index in [-0.39, 0.29) is 15.7 Å². The maximum atomic E-state index is 12.6. The SMILES string of the molecule is Cn1cnnc1Sc1ccc(NS(=O)(=O)c2c(Cl)cc([N+](=O)[O-])cc2Cl)cc1. The number of aromatic nitrogens is 3. The van der Waals surface area contributed by atoms with E-state index in [2.05, 4.69) is 14.9 Å². The fourth-order valence-electron chi connectivity index (χ4n) is 2.18. The zero-order valence-corrected chi connectivity index (χ0v) is 17.2. The van der Waals surface area contributed by atoms with Gasteiger partial charge in [-0.15, -0.1) is 10.2 Å². The van der Waals surface area contributed by atoms with Crippen LogP contribution in [0.25, 0.3) is 0 Å². The van der Waals surface area contributed by atoms with Crippen molar-refractivity contribution in [3.8, 4) is 0 Å². The van der Waals surface area contributed by atoms with Gasteiger partial charge in [-0.2, -0.15) is 0 Å². The first-order valence-corrected chi connectivity index (χ1v) is 10.5. The van der Waals surface area contributed by atoms with Crippen molar-refractivity contribution in [1.29, 1.82) is 0 Å². The molecule has 0 radical (unpaired) electrons. The number of sulfonamides is 1. The number of benzene rings is 2. The number of non-ortho nitro benzene ring substituents is 1. The normalized spacial score (nSPS) is 11.4. The molecule has 1 aromatic heterocycles. The van der Waals surface area contributed by atoms with Crippen LogP contribution in [0.1, 0.15) is 0 Å². The number of nitrogens with zero attached hydrogens (tertiary/aromatic N) is 4. The van der Waals surface area contributed by atoms with E-state index in [1.165, 1.54) is 11.8 Å². The Morgan fingerprint density at radius 3 is 2.29 bits per heavy atom. The number of hydrogen-bond donors (Lipinski definition) is 1. The summed E-state index contributed by atoms with van der Waals surface area (Å²) in [5, 5.41) is 18.6. The van der Waals surface area contributed by atoms with E-state index in [1.807, 2.05) is 7.05 Å². The molecule has 9 nitrogen and oxygen atoms in total. The average Bonchev–Trinajstić information content (AvgIpc) is 3.00. The van der Waals surface area contributed by atoms with Crippen molar-refractivity contribution in [1.82, 2.24) is 14.8 Å². The second-order valence-corrected chi connectivity index (χ2v) is 8.93. The van der Waals surface area contributed by atoms with Crippen LogP contribution in [0, 0.1) is 10.1 Å². The Bertz CT molecular complexity index is 1130. The molecule has 3 rings (SSSR count). The molecule has 0 spiro atoms. The predicted octanol–water partition coefficient (Wildman–Crippen LogP) is 3.98. The van der Waals surface area contributed by atoms with E-state index in [9.17, 15) is 18.5 Å². The highest BCUT2D eigenvalue weighted by molar-refractivity contribution is 7.99. The summed E-state index contributed by atoms with van der Waals surface area (Å²) in [5.74, 6) is 0. The van der Waals surface area contributed by atoms with E-state index in [4.69, 9.17) is 23.2 Å². The summed E-state index contributed by atoms with van der Waals surface area (Å²) in [5.41, 5.74) is -0.132. The molecule has 0 fully saturated rings. The van der Waals surface area contributed by atoms with Crippen molar-refractivity contribution in [2.45, 2.75) is 14.9 Å². The van der Waals surface area contributed by atoms with E-state index >= 15 is 0 Å². The minimum atomic E-state index is -4.16. The Morgan fingerprint density at radius 1 is 1.18 bits per heavy atom. The molecule has 13 heteroatoms. The molecule has 0 bridgehead atoms. The summed E-state index contributed by atoms with van der Waals surface area (Å²) >= 11 is 13.2. The van der Waals surface area contributed by atoms with Crippen molar-refractivity contribution < 1.29 is 13.3 Å². The molecule has 146 valence electrons. The second-order valence-electron chi connectivity index (χ2n) is 5.45. The summed E-state index contributed by atoms with van der Waals surface area (Å²) in [7, 11) is -2.35. The van der Waals surface area contributed by atoms with Gasteiger partial charge in [0.15, 0.2) is 5.16 Å². The molecule has 1 N–H and O–H groups in total. The Hall–Kier alpha value is -2.34. The van der Waals surface area contributed by atoms with Crippen LogP contribution in [0.3, 0.4) is 0 Å². The molecule has 0 atom stereocenters. The van der Waals surface area contributed by atoms with Crippen LogP contribution in [-0.4, -0.2) is 28.1 Å². The first-order valence-electron chi connectivity index (χ1n) is 7.45.